The molecule has 102 valence electrons. The lowest BCUT2D eigenvalue weighted by atomic mass is 9.89. The van der Waals surface area contributed by atoms with Crippen LogP contribution in [0, 0.1) is 0 Å². The van der Waals surface area contributed by atoms with Crippen molar-refractivity contribution >= 4 is 0 Å². The second-order valence-electron chi connectivity index (χ2n) is 5.77. The van der Waals surface area contributed by atoms with Gasteiger partial charge in [-0.25, -0.2) is 0 Å². The largest absolute Gasteiger partial charge is 0.393 e. The molecule has 0 aromatic carbocycles. The van der Waals surface area contributed by atoms with Crippen LogP contribution in [-0.4, -0.2) is 54.4 Å². The van der Waals surface area contributed by atoms with Crippen molar-refractivity contribution in [2.75, 3.05) is 26.7 Å². The summed E-state index contributed by atoms with van der Waals surface area (Å²) in [6.07, 6.45) is 3.97. The normalized spacial score (nSPS) is 30.9. The van der Waals surface area contributed by atoms with E-state index in [0.29, 0.717) is 12.6 Å². The van der Waals surface area contributed by atoms with Gasteiger partial charge in [0.05, 0.1) is 6.10 Å². The minimum atomic E-state index is -0.249. The summed E-state index contributed by atoms with van der Waals surface area (Å²) in [4.78, 5) is 2.37. The highest BCUT2D eigenvalue weighted by molar-refractivity contribution is 4.93. The Morgan fingerprint density at radius 2 is 2.06 bits per heavy atom. The predicted octanol–water partition coefficient (Wildman–Crippen LogP) is 0.549. The van der Waals surface area contributed by atoms with E-state index in [1.807, 2.05) is 6.92 Å². The highest BCUT2D eigenvalue weighted by Crippen LogP contribution is 2.22. The Morgan fingerprint density at radius 1 is 1.35 bits per heavy atom. The van der Waals surface area contributed by atoms with Crippen molar-refractivity contribution < 1.29 is 5.11 Å². The van der Waals surface area contributed by atoms with Gasteiger partial charge >= 0.3 is 0 Å². The second-order valence-corrected chi connectivity index (χ2v) is 5.77. The van der Waals surface area contributed by atoms with Gasteiger partial charge in [-0.3, -0.25) is 0 Å². The van der Waals surface area contributed by atoms with Gasteiger partial charge in [0.15, 0.2) is 0 Å². The van der Waals surface area contributed by atoms with E-state index in [1.165, 1.54) is 6.42 Å². The summed E-state index contributed by atoms with van der Waals surface area (Å²) in [6, 6.07) is 0.321. The van der Waals surface area contributed by atoms with E-state index >= 15 is 0 Å². The van der Waals surface area contributed by atoms with Crippen LogP contribution < -0.4 is 11.1 Å². The fraction of sp³-hybridized carbons (Fsp3) is 1.00. The molecule has 0 saturated carbocycles. The third-order valence-electron chi connectivity index (χ3n) is 3.81. The van der Waals surface area contributed by atoms with Crippen LogP contribution in [0.25, 0.3) is 0 Å². The first-order valence-electron chi connectivity index (χ1n) is 6.82. The Labute approximate surface area is 106 Å². The Balaban J connectivity index is 2.55. The fourth-order valence-corrected chi connectivity index (χ4v) is 2.83. The zero-order chi connectivity index (χ0) is 12.9. The summed E-state index contributed by atoms with van der Waals surface area (Å²) >= 11 is 0. The average molecular weight is 243 g/mol. The van der Waals surface area contributed by atoms with Crippen LogP contribution in [0.1, 0.15) is 39.5 Å². The molecule has 1 saturated heterocycles. The van der Waals surface area contributed by atoms with Gasteiger partial charge in [0.2, 0.25) is 0 Å². The monoisotopic (exact) mass is 243 g/mol. The molecule has 1 fully saturated rings. The Kier molecular flexibility index (Phi) is 5.86. The van der Waals surface area contributed by atoms with Gasteiger partial charge in [0, 0.05) is 18.1 Å². The van der Waals surface area contributed by atoms with Crippen LogP contribution in [-0.2, 0) is 0 Å². The first-order chi connectivity index (χ1) is 7.97. The topological polar surface area (TPSA) is 61.5 Å². The van der Waals surface area contributed by atoms with E-state index in [2.05, 4.69) is 24.2 Å². The van der Waals surface area contributed by atoms with Crippen molar-refractivity contribution in [1.29, 1.82) is 0 Å². The van der Waals surface area contributed by atoms with Gasteiger partial charge in [-0.1, -0.05) is 0 Å². The molecular weight excluding hydrogens is 214 g/mol. The quantitative estimate of drug-likeness (QED) is 0.660. The molecule has 0 spiro atoms. The number of rotatable bonds is 5. The highest BCUT2D eigenvalue weighted by Gasteiger charge is 2.31. The van der Waals surface area contributed by atoms with Crippen LogP contribution in [0.3, 0.4) is 0 Å². The molecule has 1 heterocycles. The summed E-state index contributed by atoms with van der Waals surface area (Å²) in [5.41, 5.74) is 6.06. The number of aliphatic hydroxyl groups excluding tert-OH is 1. The number of nitrogens with two attached hydrogens (primary N) is 1. The summed E-state index contributed by atoms with van der Waals surface area (Å²) in [5, 5.41) is 13.1. The van der Waals surface area contributed by atoms with Crippen molar-refractivity contribution in [3.8, 4) is 0 Å². The molecule has 1 aliphatic rings. The lowest BCUT2D eigenvalue weighted by Gasteiger charge is -2.36. The van der Waals surface area contributed by atoms with Gasteiger partial charge in [0.25, 0.3) is 0 Å². The summed E-state index contributed by atoms with van der Waals surface area (Å²) in [7, 11) is 2.17. The van der Waals surface area contributed by atoms with Gasteiger partial charge in [-0.05, 0) is 59.7 Å². The zero-order valence-corrected chi connectivity index (χ0v) is 11.6. The summed E-state index contributed by atoms with van der Waals surface area (Å²) in [5.74, 6) is 0. The van der Waals surface area contributed by atoms with Crippen molar-refractivity contribution in [1.82, 2.24) is 10.2 Å². The number of aliphatic hydroxyl groups is 1. The number of nitrogens with zero attached hydrogens (tertiary/aromatic N) is 1. The molecule has 4 nitrogen and oxygen atoms in total. The number of hydrogen-bond acceptors (Lipinski definition) is 4. The molecule has 0 amide bonds. The standard InChI is InChI=1S/C13H29N3O/c1-11(9-12(2)17)15-13(10-14)5-4-7-16(3)8-6-13/h11-12,15,17H,4-10,14H2,1-3H3. The fourth-order valence-electron chi connectivity index (χ4n) is 2.83. The van der Waals surface area contributed by atoms with Crippen molar-refractivity contribution in [3.05, 3.63) is 0 Å². The van der Waals surface area contributed by atoms with Gasteiger partial charge < -0.3 is 21.1 Å². The van der Waals surface area contributed by atoms with E-state index in [4.69, 9.17) is 5.73 Å². The van der Waals surface area contributed by atoms with Gasteiger partial charge in [-0.15, -0.1) is 0 Å². The first-order valence-corrected chi connectivity index (χ1v) is 6.82. The maximum atomic E-state index is 9.43. The summed E-state index contributed by atoms with van der Waals surface area (Å²) in [6.45, 7) is 6.93. The second kappa shape index (κ2) is 6.69. The molecule has 0 radical (unpaired) electrons. The van der Waals surface area contributed by atoms with Crippen LogP contribution in [0.5, 0.6) is 0 Å². The van der Waals surface area contributed by atoms with E-state index in [1.54, 1.807) is 0 Å². The van der Waals surface area contributed by atoms with Crippen LogP contribution >= 0.6 is 0 Å². The Bertz CT molecular complexity index is 223. The molecule has 1 aliphatic heterocycles. The zero-order valence-electron chi connectivity index (χ0n) is 11.6. The van der Waals surface area contributed by atoms with Crippen molar-refractivity contribution in [3.63, 3.8) is 0 Å². The predicted molar refractivity (Wildman–Crippen MR) is 72.0 cm³/mol. The number of nitrogens with one attached hydrogen (secondary N) is 1. The molecule has 3 unspecified atom stereocenters. The van der Waals surface area contributed by atoms with Crippen LogP contribution in [0.15, 0.2) is 0 Å². The molecule has 0 aromatic rings. The third-order valence-corrected chi connectivity index (χ3v) is 3.81. The maximum absolute atomic E-state index is 9.43. The molecule has 4 N–H and O–H groups in total. The van der Waals surface area contributed by atoms with Crippen LogP contribution in [0.4, 0.5) is 0 Å². The molecule has 0 aromatic heterocycles. The average Bonchev–Trinajstić information content (AvgIpc) is 2.41. The lowest BCUT2D eigenvalue weighted by Crippen LogP contribution is -2.55. The molecule has 17 heavy (non-hydrogen) atoms. The van der Waals surface area contributed by atoms with Crippen molar-refractivity contribution in [2.24, 2.45) is 5.73 Å². The van der Waals surface area contributed by atoms with Gasteiger partial charge in [-0.2, -0.15) is 0 Å². The smallest absolute Gasteiger partial charge is 0.0526 e. The SMILES string of the molecule is CC(O)CC(C)NC1(CN)CCCN(C)CC1. The van der Waals surface area contributed by atoms with E-state index in [0.717, 1.165) is 32.4 Å². The van der Waals surface area contributed by atoms with E-state index in [-0.39, 0.29) is 11.6 Å². The Morgan fingerprint density at radius 3 is 2.65 bits per heavy atom. The minimum absolute atomic E-state index is 0.0685. The first kappa shape index (κ1) is 14.9. The Hall–Kier alpha value is -0.160. The van der Waals surface area contributed by atoms with Gasteiger partial charge in [0.1, 0.15) is 0 Å². The summed E-state index contributed by atoms with van der Waals surface area (Å²) < 4.78 is 0. The van der Waals surface area contributed by atoms with Crippen molar-refractivity contribution in [2.45, 2.75) is 57.2 Å². The third kappa shape index (κ3) is 4.92. The molecule has 3 atom stereocenters. The highest BCUT2D eigenvalue weighted by atomic mass is 16.3. The lowest BCUT2D eigenvalue weighted by molar-refractivity contribution is 0.155. The van der Waals surface area contributed by atoms with E-state index in [9.17, 15) is 5.11 Å². The minimum Gasteiger partial charge on any atom is -0.393 e. The number of hydrogen-bond donors (Lipinski definition) is 3. The molecule has 0 bridgehead atoms. The maximum Gasteiger partial charge on any atom is 0.0526 e. The van der Waals surface area contributed by atoms with Crippen LogP contribution in [0.2, 0.25) is 0 Å². The molecular formula is C13H29N3O. The molecule has 4 heteroatoms. The number of likely N-dealkylation sites (tertiary alicyclic amines) is 1. The molecule has 0 aliphatic carbocycles. The van der Waals surface area contributed by atoms with E-state index < -0.39 is 0 Å². The molecule has 1 rings (SSSR count).